The normalized spacial score (nSPS) is 11.6. The van der Waals surface area contributed by atoms with Crippen LogP contribution in [0.15, 0.2) is 76.2 Å². The number of nitrogens with zero attached hydrogens (tertiary/aromatic N) is 2. The van der Waals surface area contributed by atoms with Gasteiger partial charge in [-0.2, -0.15) is 8.42 Å². The molecule has 2 aromatic heterocycles. The quantitative estimate of drug-likeness (QED) is 0.486. The molecule has 0 aliphatic carbocycles. The van der Waals surface area contributed by atoms with Crippen molar-refractivity contribution in [3.8, 4) is 17.3 Å². The van der Waals surface area contributed by atoms with Gasteiger partial charge in [-0.05, 0) is 48.5 Å². The molecule has 0 bridgehead atoms. The summed E-state index contributed by atoms with van der Waals surface area (Å²) >= 11 is 5.78. The third-order valence-corrected chi connectivity index (χ3v) is 5.07. The van der Waals surface area contributed by atoms with Gasteiger partial charge in [0.2, 0.25) is 5.89 Å². The summed E-state index contributed by atoms with van der Waals surface area (Å²) in [5.41, 5.74) is 1.55. The fraction of sp³-hybridized carbons (Fsp3) is 0. The molecule has 0 saturated heterocycles. The van der Waals surface area contributed by atoms with E-state index in [1.807, 2.05) is 6.07 Å². The van der Waals surface area contributed by atoms with E-state index in [9.17, 15) is 8.42 Å². The van der Waals surface area contributed by atoms with Crippen LogP contribution >= 0.6 is 11.6 Å². The number of halogens is 1. The minimum atomic E-state index is -3.98. The fourth-order valence-electron chi connectivity index (χ4n) is 2.33. The molecule has 0 saturated carbocycles. The van der Waals surface area contributed by atoms with Crippen molar-refractivity contribution in [2.75, 3.05) is 0 Å². The summed E-state index contributed by atoms with van der Waals surface area (Å²) in [7, 11) is -3.98. The van der Waals surface area contributed by atoms with Crippen LogP contribution in [-0.4, -0.2) is 18.4 Å². The van der Waals surface area contributed by atoms with Crippen LogP contribution in [0.1, 0.15) is 0 Å². The first kappa shape index (κ1) is 16.6. The van der Waals surface area contributed by atoms with E-state index in [1.54, 1.807) is 24.4 Å². The van der Waals surface area contributed by atoms with Crippen molar-refractivity contribution >= 4 is 32.8 Å². The summed E-state index contributed by atoms with van der Waals surface area (Å²) in [6, 6.07) is 15.7. The van der Waals surface area contributed by atoms with Crippen molar-refractivity contribution in [2.24, 2.45) is 0 Å². The summed E-state index contributed by atoms with van der Waals surface area (Å²) in [5, 5.41) is 0.439. The molecule has 130 valence electrons. The van der Waals surface area contributed by atoms with Crippen LogP contribution in [0, 0.1) is 0 Å². The van der Waals surface area contributed by atoms with E-state index in [0.717, 1.165) is 0 Å². The Morgan fingerprint density at radius 2 is 1.81 bits per heavy atom. The molecule has 26 heavy (non-hydrogen) atoms. The van der Waals surface area contributed by atoms with Gasteiger partial charge in [0, 0.05) is 17.3 Å². The second kappa shape index (κ2) is 6.44. The monoisotopic (exact) mass is 386 g/mol. The maximum atomic E-state index is 12.4. The lowest BCUT2D eigenvalue weighted by molar-refractivity contribution is 0.486. The molecule has 0 spiro atoms. The molecule has 0 fully saturated rings. The van der Waals surface area contributed by atoms with Gasteiger partial charge in [0.15, 0.2) is 5.58 Å². The molecule has 0 N–H and O–H groups in total. The van der Waals surface area contributed by atoms with Crippen LogP contribution in [0.2, 0.25) is 5.02 Å². The highest BCUT2D eigenvalue weighted by atomic mass is 35.5. The van der Waals surface area contributed by atoms with E-state index in [0.29, 0.717) is 27.7 Å². The minimum Gasteiger partial charge on any atom is -0.435 e. The van der Waals surface area contributed by atoms with Crippen LogP contribution in [-0.2, 0) is 10.1 Å². The number of hydrogen-bond acceptors (Lipinski definition) is 6. The minimum absolute atomic E-state index is 0.00809. The molecule has 4 aromatic rings. The zero-order valence-corrected chi connectivity index (χ0v) is 14.7. The third-order valence-electron chi connectivity index (χ3n) is 3.55. The number of aromatic nitrogens is 2. The highest BCUT2D eigenvalue weighted by molar-refractivity contribution is 7.87. The maximum absolute atomic E-state index is 12.4. The van der Waals surface area contributed by atoms with Crippen LogP contribution in [0.5, 0.6) is 5.75 Å². The van der Waals surface area contributed by atoms with Crippen LogP contribution in [0.3, 0.4) is 0 Å². The second-order valence-corrected chi connectivity index (χ2v) is 7.34. The first-order chi connectivity index (χ1) is 12.5. The topological polar surface area (TPSA) is 82.3 Å². The number of benzene rings is 2. The van der Waals surface area contributed by atoms with Gasteiger partial charge in [-0.1, -0.05) is 17.7 Å². The summed E-state index contributed by atoms with van der Waals surface area (Å²) in [6.07, 6.45) is 1.64. The van der Waals surface area contributed by atoms with Crippen LogP contribution < -0.4 is 4.18 Å². The van der Waals surface area contributed by atoms with Gasteiger partial charge in [-0.3, -0.25) is 4.98 Å². The Balaban J connectivity index is 1.66. The zero-order valence-electron chi connectivity index (χ0n) is 13.2. The summed E-state index contributed by atoms with van der Waals surface area (Å²) in [4.78, 5) is 8.53. The molecule has 8 heteroatoms. The molecule has 2 heterocycles. The van der Waals surface area contributed by atoms with Crippen molar-refractivity contribution in [1.29, 1.82) is 0 Å². The first-order valence-electron chi connectivity index (χ1n) is 7.53. The van der Waals surface area contributed by atoms with E-state index < -0.39 is 10.1 Å². The average molecular weight is 387 g/mol. The maximum Gasteiger partial charge on any atom is 0.339 e. The highest BCUT2D eigenvalue weighted by Crippen LogP contribution is 2.27. The number of rotatable bonds is 4. The Kier molecular flexibility index (Phi) is 4.10. The molecule has 0 amide bonds. The average Bonchev–Trinajstić information content (AvgIpc) is 3.06. The van der Waals surface area contributed by atoms with Crippen molar-refractivity contribution in [2.45, 2.75) is 4.90 Å². The molecule has 0 atom stereocenters. The molecule has 0 aliphatic heterocycles. The molecule has 0 aliphatic rings. The SMILES string of the molecule is O=S(=O)(Oc1ccc2nc(-c3ccccn3)oc2c1)c1ccc(Cl)cc1. The second-order valence-electron chi connectivity index (χ2n) is 5.35. The molecular formula is C18H11ClN2O4S. The van der Waals surface area contributed by atoms with E-state index in [1.165, 1.54) is 36.4 Å². The molecule has 0 unspecified atom stereocenters. The van der Waals surface area contributed by atoms with Gasteiger partial charge < -0.3 is 8.60 Å². The molecule has 6 nitrogen and oxygen atoms in total. The van der Waals surface area contributed by atoms with Gasteiger partial charge in [0.25, 0.3) is 0 Å². The Hall–Kier alpha value is -2.90. The van der Waals surface area contributed by atoms with Crippen molar-refractivity contribution in [3.63, 3.8) is 0 Å². The van der Waals surface area contributed by atoms with E-state index >= 15 is 0 Å². The highest BCUT2D eigenvalue weighted by Gasteiger charge is 2.18. The van der Waals surface area contributed by atoms with Crippen LogP contribution in [0.25, 0.3) is 22.7 Å². The molecular weight excluding hydrogens is 376 g/mol. The lowest BCUT2D eigenvalue weighted by Crippen LogP contribution is -2.09. The summed E-state index contributed by atoms with van der Waals surface area (Å²) in [6.45, 7) is 0. The third kappa shape index (κ3) is 3.26. The van der Waals surface area contributed by atoms with E-state index in [-0.39, 0.29) is 10.6 Å². The Morgan fingerprint density at radius 3 is 2.54 bits per heavy atom. The smallest absolute Gasteiger partial charge is 0.339 e. The van der Waals surface area contributed by atoms with Crippen molar-refractivity contribution in [1.82, 2.24) is 9.97 Å². The van der Waals surface area contributed by atoms with Crippen molar-refractivity contribution < 1.29 is 17.0 Å². The number of pyridine rings is 1. The Bertz CT molecular complexity index is 1170. The Labute approximate surface area is 154 Å². The lowest BCUT2D eigenvalue weighted by Gasteiger charge is -2.06. The number of oxazole rings is 1. The zero-order chi connectivity index (χ0) is 18.1. The van der Waals surface area contributed by atoms with E-state index in [2.05, 4.69) is 9.97 Å². The van der Waals surface area contributed by atoms with Gasteiger partial charge in [-0.25, -0.2) is 4.98 Å². The van der Waals surface area contributed by atoms with Crippen molar-refractivity contribution in [3.05, 3.63) is 71.9 Å². The van der Waals surface area contributed by atoms with E-state index in [4.69, 9.17) is 20.2 Å². The van der Waals surface area contributed by atoms with Gasteiger partial charge in [0.1, 0.15) is 21.9 Å². The standard InChI is InChI=1S/C18H11ClN2O4S/c19-12-4-7-14(8-5-12)26(22,23)25-13-6-9-15-17(11-13)24-18(21-15)16-3-1-2-10-20-16/h1-11H. The van der Waals surface area contributed by atoms with Gasteiger partial charge >= 0.3 is 10.1 Å². The predicted molar refractivity (Wildman–Crippen MR) is 96.5 cm³/mol. The fourth-order valence-corrected chi connectivity index (χ4v) is 3.38. The van der Waals surface area contributed by atoms with Crippen LogP contribution in [0.4, 0.5) is 0 Å². The summed E-state index contributed by atoms with van der Waals surface area (Å²) < 4.78 is 35.5. The summed E-state index contributed by atoms with van der Waals surface area (Å²) in [5.74, 6) is 0.467. The predicted octanol–water partition coefficient (Wildman–Crippen LogP) is 4.31. The van der Waals surface area contributed by atoms with Gasteiger partial charge in [-0.15, -0.1) is 0 Å². The number of fused-ring (bicyclic) bond motifs is 1. The first-order valence-corrected chi connectivity index (χ1v) is 9.32. The lowest BCUT2D eigenvalue weighted by atomic mass is 10.3. The largest absolute Gasteiger partial charge is 0.435 e. The van der Waals surface area contributed by atoms with Gasteiger partial charge in [0.05, 0.1) is 0 Å². The molecule has 4 rings (SSSR count). The Morgan fingerprint density at radius 1 is 1.00 bits per heavy atom. The number of hydrogen-bond donors (Lipinski definition) is 0. The molecule has 2 aromatic carbocycles. The molecule has 0 radical (unpaired) electrons.